The van der Waals surface area contributed by atoms with Crippen molar-refractivity contribution in [2.24, 2.45) is 0 Å². The van der Waals surface area contributed by atoms with Gasteiger partial charge >= 0.3 is 0 Å². The molecule has 106 valence electrons. The molecule has 0 atom stereocenters. The predicted octanol–water partition coefficient (Wildman–Crippen LogP) is 3.92. The van der Waals surface area contributed by atoms with E-state index in [-0.39, 0.29) is 5.91 Å². The minimum absolute atomic E-state index is 0.116. The van der Waals surface area contributed by atoms with Crippen LogP contribution in [-0.2, 0) is 6.54 Å². The molecule has 0 radical (unpaired) electrons. The first-order valence-electron chi connectivity index (χ1n) is 6.45. The van der Waals surface area contributed by atoms with E-state index in [4.69, 9.17) is 4.74 Å². The second kappa shape index (κ2) is 6.61. The van der Waals surface area contributed by atoms with Gasteiger partial charge in [-0.25, -0.2) is 0 Å². The highest BCUT2D eigenvalue weighted by Gasteiger charge is 2.12. The highest BCUT2D eigenvalue weighted by atomic mass is 79.9. The molecule has 5 heteroatoms. The number of benzene rings is 1. The number of nitrogens with zero attached hydrogens (tertiary/aromatic N) is 1. The van der Waals surface area contributed by atoms with Crippen LogP contribution in [-0.4, -0.2) is 17.6 Å². The monoisotopic (exact) mass is 336 g/mol. The highest BCUT2D eigenvalue weighted by Crippen LogP contribution is 2.19. The molecule has 1 aromatic heterocycles. The van der Waals surface area contributed by atoms with E-state index in [9.17, 15) is 4.79 Å². The van der Waals surface area contributed by atoms with Crippen LogP contribution in [0.1, 0.15) is 23.8 Å². The summed E-state index contributed by atoms with van der Waals surface area (Å²) in [6.07, 6.45) is 2.90. The molecule has 2 rings (SSSR count). The number of aryl methyl sites for hydroxylation is 1. The number of aromatic nitrogens is 1. The fourth-order valence-electron chi connectivity index (χ4n) is 1.96. The lowest BCUT2D eigenvalue weighted by Crippen LogP contribution is -2.16. The Hall–Kier alpha value is -1.75. The van der Waals surface area contributed by atoms with Gasteiger partial charge in [0.2, 0.25) is 0 Å². The van der Waals surface area contributed by atoms with Crippen LogP contribution in [0.2, 0.25) is 0 Å². The molecule has 0 aliphatic rings. The highest BCUT2D eigenvalue weighted by molar-refractivity contribution is 9.10. The van der Waals surface area contributed by atoms with Crippen LogP contribution in [0.4, 0.5) is 5.69 Å². The molecule has 4 nitrogen and oxygen atoms in total. The number of ether oxygens (including phenoxy) is 1. The van der Waals surface area contributed by atoms with E-state index < -0.39 is 0 Å². The van der Waals surface area contributed by atoms with Crippen molar-refractivity contribution in [2.75, 3.05) is 12.4 Å². The molecule has 0 unspecified atom stereocenters. The van der Waals surface area contributed by atoms with E-state index in [1.54, 1.807) is 7.11 Å². The molecule has 0 aliphatic carbocycles. The van der Waals surface area contributed by atoms with Crippen LogP contribution < -0.4 is 10.1 Å². The SMILES string of the molecule is CCCn1cc(Br)cc1C(=O)Nc1ccc(OC)cc1. The minimum atomic E-state index is -0.116. The number of methoxy groups -OCH3 is 1. The summed E-state index contributed by atoms with van der Waals surface area (Å²) < 4.78 is 7.95. The van der Waals surface area contributed by atoms with E-state index in [1.165, 1.54) is 0 Å². The topological polar surface area (TPSA) is 43.3 Å². The third-order valence-corrected chi connectivity index (χ3v) is 3.34. The lowest BCUT2D eigenvalue weighted by molar-refractivity contribution is 0.101. The van der Waals surface area contributed by atoms with Crippen LogP contribution in [0.3, 0.4) is 0 Å². The summed E-state index contributed by atoms with van der Waals surface area (Å²) in [4.78, 5) is 12.3. The summed E-state index contributed by atoms with van der Waals surface area (Å²) in [5.74, 6) is 0.648. The van der Waals surface area contributed by atoms with Crippen molar-refractivity contribution < 1.29 is 9.53 Å². The van der Waals surface area contributed by atoms with E-state index in [2.05, 4.69) is 28.2 Å². The minimum Gasteiger partial charge on any atom is -0.497 e. The summed E-state index contributed by atoms with van der Waals surface area (Å²) in [6.45, 7) is 2.90. The van der Waals surface area contributed by atoms with Crippen molar-refractivity contribution in [3.63, 3.8) is 0 Å². The Balaban J connectivity index is 2.14. The summed E-state index contributed by atoms with van der Waals surface area (Å²) in [5, 5.41) is 2.89. The summed E-state index contributed by atoms with van der Waals surface area (Å²) in [6, 6.07) is 9.10. The van der Waals surface area contributed by atoms with E-state index in [1.807, 2.05) is 41.1 Å². The Labute approximate surface area is 126 Å². The van der Waals surface area contributed by atoms with Crippen LogP contribution >= 0.6 is 15.9 Å². The average Bonchev–Trinajstić information content (AvgIpc) is 2.81. The fourth-order valence-corrected chi connectivity index (χ4v) is 2.42. The zero-order valence-electron chi connectivity index (χ0n) is 11.5. The third-order valence-electron chi connectivity index (χ3n) is 2.91. The number of carbonyl (C=O) groups excluding carboxylic acids is 1. The first-order valence-corrected chi connectivity index (χ1v) is 7.24. The van der Waals surface area contributed by atoms with Crippen LogP contribution in [0, 0.1) is 0 Å². The zero-order valence-corrected chi connectivity index (χ0v) is 13.1. The molecule has 0 spiro atoms. The Kier molecular flexibility index (Phi) is 4.84. The molecular formula is C15H17BrN2O2. The van der Waals surface area contributed by atoms with Gasteiger partial charge < -0.3 is 14.6 Å². The second-order valence-corrected chi connectivity index (χ2v) is 5.34. The maximum Gasteiger partial charge on any atom is 0.272 e. The van der Waals surface area contributed by atoms with E-state index >= 15 is 0 Å². The Morgan fingerprint density at radius 3 is 2.65 bits per heavy atom. The standard InChI is InChI=1S/C15H17BrN2O2/c1-3-8-18-10-11(16)9-14(18)15(19)17-12-4-6-13(20-2)7-5-12/h4-7,9-10H,3,8H2,1-2H3,(H,17,19). The van der Waals surface area contributed by atoms with Crippen molar-refractivity contribution in [2.45, 2.75) is 19.9 Å². The number of hydrogen-bond donors (Lipinski definition) is 1. The second-order valence-electron chi connectivity index (χ2n) is 4.42. The third kappa shape index (κ3) is 3.42. The summed E-state index contributed by atoms with van der Waals surface area (Å²) in [7, 11) is 1.61. The quantitative estimate of drug-likeness (QED) is 0.899. The van der Waals surface area contributed by atoms with E-state index in [0.717, 1.165) is 28.9 Å². The molecule has 20 heavy (non-hydrogen) atoms. The average molecular weight is 337 g/mol. The van der Waals surface area contributed by atoms with Crippen molar-refractivity contribution in [1.82, 2.24) is 4.57 Å². The summed E-state index contributed by atoms with van der Waals surface area (Å²) >= 11 is 3.41. The van der Waals surface area contributed by atoms with Gasteiger partial charge in [0, 0.05) is 22.9 Å². The van der Waals surface area contributed by atoms with E-state index in [0.29, 0.717) is 5.69 Å². The Bertz CT molecular complexity index is 590. The molecule has 1 heterocycles. The number of halogens is 1. The van der Waals surface area contributed by atoms with Crippen molar-refractivity contribution >= 4 is 27.5 Å². The first-order chi connectivity index (χ1) is 9.63. The number of carbonyl (C=O) groups is 1. The van der Waals surface area contributed by atoms with Gasteiger partial charge in [-0.1, -0.05) is 6.92 Å². The van der Waals surface area contributed by atoms with Crippen LogP contribution in [0.5, 0.6) is 5.75 Å². The van der Waals surface area contributed by atoms with Crippen LogP contribution in [0.25, 0.3) is 0 Å². The lowest BCUT2D eigenvalue weighted by atomic mass is 10.3. The van der Waals surface area contributed by atoms with Gasteiger partial charge in [0.1, 0.15) is 11.4 Å². The molecule has 0 aliphatic heterocycles. The molecule has 0 saturated heterocycles. The number of amides is 1. The zero-order chi connectivity index (χ0) is 14.5. The molecule has 2 aromatic rings. The largest absolute Gasteiger partial charge is 0.497 e. The van der Waals surface area contributed by atoms with Gasteiger partial charge in [-0.2, -0.15) is 0 Å². The van der Waals surface area contributed by atoms with Crippen molar-refractivity contribution in [3.8, 4) is 5.75 Å². The Morgan fingerprint density at radius 2 is 2.05 bits per heavy atom. The number of rotatable bonds is 5. The maximum atomic E-state index is 12.3. The van der Waals surface area contributed by atoms with Crippen molar-refractivity contribution in [1.29, 1.82) is 0 Å². The van der Waals surface area contributed by atoms with Gasteiger partial charge in [-0.15, -0.1) is 0 Å². The number of anilines is 1. The lowest BCUT2D eigenvalue weighted by Gasteiger charge is -2.09. The maximum absolute atomic E-state index is 12.3. The van der Waals surface area contributed by atoms with Gasteiger partial charge in [0.15, 0.2) is 0 Å². The summed E-state index contributed by atoms with van der Waals surface area (Å²) in [5.41, 5.74) is 1.39. The van der Waals surface area contributed by atoms with Crippen molar-refractivity contribution in [3.05, 3.63) is 46.7 Å². The molecule has 0 bridgehead atoms. The molecule has 1 N–H and O–H groups in total. The van der Waals surface area contributed by atoms with Gasteiger partial charge in [0.05, 0.1) is 7.11 Å². The van der Waals surface area contributed by atoms with Crippen LogP contribution in [0.15, 0.2) is 41.0 Å². The predicted molar refractivity (Wildman–Crippen MR) is 83.4 cm³/mol. The molecule has 1 amide bonds. The smallest absolute Gasteiger partial charge is 0.272 e. The first kappa shape index (κ1) is 14.7. The van der Waals surface area contributed by atoms with Gasteiger partial charge in [0.25, 0.3) is 5.91 Å². The van der Waals surface area contributed by atoms with Gasteiger partial charge in [-0.05, 0) is 52.7 Å². The molecular weight excluding hydrogens is 320 g/mol. The van der Waals surface area contributed by atoms with Gasteiger partial charge in [-0.3, -0.25) is 4.79 Å². The number of hydrogen-bond acceptors (Lipinski definition) is 2. The number of nitrogens with one attached hydrogen (secondary N) is 1. The molecule has 1 aromatic carbocycles. The molecule has 0 saturated carbocycles. The fraction of sp³-hybridized carbons (Fsp3) is 0.267. The normalized spacial score (nSPS) is 10.3. The molecule has 0 fully saturated rings. The Morgan fingerprint density at radius 1 is 1.35 bits per heavy atom.